The first-order chi connectivity index (χ1) is 6.11. The van der Waals surface area contributed by atoms with Gasteiger partial charge in [-0.25, -0.2) is 0 Å². The zero-order valence-corrected chi connectivity index (χ0v) is 8.12. The van der Waals surface area contributed by atoms with E-state index < -0.39 is 5.97 Å². The van der Waals surface area contributed by atoms with E-state index in [4.69, 9.17) is 10.2 Å². The summed E-state index contributed by atoms with van der Waals surface area (Å²) in [7, 11) is 0. The van der Waals surface area contributed by atoms with Crippen LogP contribution in [0.3, 0.4) is 0 Å². The van der Waals surface area contributed by atoms with E-state index in [2.05, 4.69) is 6.58 Å². The van der Waals surface area contributed by atoms with E-state index >= 15 is 0 Å². The number of rotatable bonds is 7. The summed E-state index contributed by atoms with van der Waals surface area (Å²) in [6.45, 7) is 5.55. The smallest absolute Gasteiger partial charge is 0.306 e. The molecule has 0 aromatic carbocycles. The molecule has 0 bridgehead atoms. The molecule has 0 aliphatic rings. The Morgan fingerprint density at radius 3 is 2.46 bits per heavy atom. The first-order valence-corrected chi connectivity index (χ1v) is 4.62. The van der Waals surface area contributed by atoms with Gasteiger partial charge < -0.3 is 10.2 Å². The predicted octanol–water partition coefficient (Wildman–Crippen LogP) is 1.82. The van der Waals surface area contributed by atoms with Crippen molar-refractivity contribution in [1.82, 2.24) is 0 Å². The fraction of sp³-hybridized carbons (Fsp3) is 0.700. The molecule has 0 aliphatic carbocycles. The van der Waals surface area contributed by atoms with E-state index in [9.17, 15) is 4.79 Å². The number of aliphatic hydroxyl groups excluding tert-OH is 1. The second kappa shape index (κ2) is 6.66. The topological polar surface area (TPSA) is 57.5 Å². The Labute approximate surface area is 79.1 Å². The largest absolute Gasteiger partial charge is 0.481 e. The fourth-order valence-corrected chi connectivity index (χ4v) is 1.20. The highest BCUT2D eigenvalue weighted by Crippen LogP contribution is 2.16. The summed E-state index contributed by atoms with van der Waals surface area (Å²) in [6, 6.07) is 0. The molecule has 0 aromatic rings. The van der Waals surface area contributed by atoms with Gasteiger partial charge in [-0.2, -0.15) is 0 Å². The van der Waals surface area contributed by atoms with Gasteiger partial charge in [0.05, 0.1) is 12.5 Å². The molecule has 0 spiro atoms. The minimum Gasteiger partial charge on any atom is -0.481 e. The van der Waals surface area contributed by atoms with Crippen LogP contribution in [0, 0.1) is 5.92 Å². The maximum atomic E-state index is 10.7. The van der Waals surface area contributed by atoms with Crippen LogP contribution in [0.2, 0.25) is 0 Å². The van der Waals surface area contributed by atoms with E-state index in [1.807, 2.05) is 6.92 Å². The summed E-state index contributed by atoms with van der Waals surface area (Å²) < 4.78 is 0. The number of hydrogen-bond acceptors (Lipinski definition) is 2. The molecule has 3 heteroatoms. The number of aliphatic hydroxyl groups is 1. The Kier molecular flexibility index (Phi) is 6.24. The van der Waals surface area contributed by atoms with Gasteiger partial charge in [-0.1, -0.05) is 25.5 Å². The molecule has 0 heterocycles. The molecule has 1 unspecified atom stereocenters. The summed E-state index contributed by atoms with van der Waals surface area (Å²) in [4.78, 5) is 10.7. The van der Waals surface area contributed by atoms with Gasteiger partial charge in [0, 0.05) is 0 Å². The average Bonchev–Trinajstić information content (AvgIpc) is 2.11. The van der Waals surface area contributed by atoms with Gasteiger partial charge in [-0.3, -0.25) is 4.79 Å². The van der Waals surface area contributed by atoms with Gasteiger partial charge in [0.2, 0.25) is 0 Å². The maximum absolute atomic E-state index is 10.7. The summed E-state index contributed by atoms with van der Waals surface area (Å²) in [5, 5.41) is 17.5. The zero-order chi connectivity index (χ0) is 10.3. The Bertz CT molecular complexity index is 175. The second-order valence-corrected chi connectivity index (χ2v) is 3.27. The molecule has 0 rings (SSSR count). The molecule has 0 saturated carbocycles. The first-order valence-electron chi connectivity index (χ1n) is 4.62. The quantitative estimate of drug-likeness (QED) is 0.596. The highest BCUT2D eigenvalue weighted by molar-refractivity contribution is 5.69. The van der Waals surface area contributed by atoms with Crippen LogP contribution in [0.4, 0.5) is 0 Å². The summed E-state index contributed by atoms with van der Waals surface area (Å²) in [5.41, 5.74) is 0.711. The standard InChI is InChI=1S/C10H18O3/c1-3-4-9(10(12)13)6-5-8(2)7-11/h9,11H,2-7H2,1H3,(H,12,13). The van der Waals surface area contributed by atoms with Crippen LogP contribution in [-0.4, -0.2) is 22.8 Å². The third-order valence-electron chi connectivity index (χ3n) is 2.06. The lowest BCUT2D eigenvalue weighted by Gasteiger charge is -2.10. The van der Waals surface area contributed by atoms with Crippen molar-refractivity contribution >= 4 is 5.97 Å². The zero-order valence-electron chi connectivity index (χ0n) is 8.12. The van der Waals surface area contributed by atoms with Gasteiger partial charge in [-0.15, -0.1) is 0 Å². The maximum Gasteiger partial charge on any atom is 0.306 e. The molecule has 0 amide bonds. The van der Waals surface area contributed by atoms with Gasteiger partial charge in [0.25, 0.3) is 0 Å². The van der Waals surface area contributed by atoms with Crippen molar-refractivity contribution in [2.75, 3.05) is 6.61 Å². The molecule has 2 N–H and O–H groups in total. The molecule has 76 valence electrons. The fourth-order valence-electron chi connectivity index (χ4n) is 1.20. The molecular formula is C10H18O3. The minimum atomic E-state index is -0.743. The van der Waals surface area contributed by atoms with Crippen LogP contribution in [0.25, 0.3) is 0 Å². The Balaban J connectivity index is 3.82. The van der Waals surface area contributed by atoms with Crippen molar-refractivity contribution in [1.29, 1.82) is 0 Å². The molecule has 1 atom stereocenters. The van der Waals surface area contributed by atoms with Crippen molar-refractivity contribution in [3.8, 4) is 0 Å². The summed E-state index contributed by atoms with van der Waals surface area (Å²) >= 11 is 0. The van der Waals surface area contributed by atoms with Crippen LogP contribution in [0.5, 0.6) is 0 Å². The monoisotopic (exact) mass is 186 g/mol. The van der Waals surface area contributed by atoms with Gasteiger partial charge in [0.1, 0.15) is 0 Å². The highest BCUT2D eigenvalue weighted by atomic mass is 16.4. The van der Waals surface area contributed by atoms with Crippen molar-refractivity contribution in [2.24, 2.45) is 5.92 Å². The summed E-state index contributed by atoms with van der Waals surface area (Å²) in [6.07, 6.45) is 2.77. The highest BCUT2D eigenvalue weighted by Gasteiger charge is 2.15. The third kappa shape index (κ3) is 5.42. The lowest BCUT2D eigenvalue weighted by Crippen LogP contribution is -2.13. The number of aliphatic carboxylic acids is 1. The van der Waals surface area contributed by atoms with Crippen LogP contribution in [0.15, 0.2) is 12.2 Å². The van der Waals surface area contributed by atoms with Crippen molar-refractivity contribution in [2.45, 2.75) is 32.6 Å². The summed E-state index contributed by atoms with van der Waals surface area (Å²) in [5.74, 6) is -1.03. The normalized spacial score (nSPS) is 12.5. The molecule has 0 radical (unpaired) electrons. The molecular weight excluding hydrogens is 168 g/mol. The Morgan fingerprint density at radius 1 is 1.46 bits per heavy atom. The number of carboxylic acids is 1. The van der Waals surface area contributed by atoms with E-state index in [-0.39, 0.29) is 12.5 Å². The first kappa shape index (κ1) is 12.2. The van der Waals surface area contributed by atoms with Gasteiger partial charge in [0.15, 0.2) is 0 Å². The van der Waals surface area contributed by atoms with E-state index in [1.54, 1.807) is 0 Å². The van der Waals surface area contributed by atoms with Crippen molar-refractivity contribution < 1.29 is 15.0 Å². The lowest BCUT2D eigenvalue weighted by atomic mass is 9.96. The minimum absolute atomic E-state index is 0.0432. The second-order valence-electron chi connectivity index (χ2n) is 3.27. The third-order valence-corrected chi connectivity index (χ3v) is 2.06. The molecule has 0 saturated heterocycles. The van der Waals surface area contributed by atoms with Gasteiger partial charge in [-0.05, 0) is 19.3 Å². The van der Waals surface area contributed by atoms with Crippen LogP contribution < -0.4 is 0 Å². The number of carboxylic acid groups (broad SMARTS) is 1. The van der Waals surface area contributed by atoms with Crippen LogP contribution in [0.1, 0.15) is 32.6 Å². The van der Waals surface area contributed by atoms with E-state index in [0.29, 0.717) is 24.8 Å². The molecule has 0 fully saturated rings. The molecule has 0 aromatic heterocycles. The SMILES string of the molecule is C=C(CO)CCC(CCC)C(=O)O. The lowest BCUT2D eigenvalue weighted by molar-refractivity contribution is -0.142. The Hall–Kier alpha value is -0.830. The van der Waals surface area contributed by atoms with Crippen LogP contribution >= 0.6 is 0 Å². The van der Waals surface area contributed by atoms with E-state index in [0.717, 1.165) is 6.42 Å². The molecule has 0 aliphatic heterocycles. The number of hydrogen-bond donors (Lipinski definition) is 2. The predicted molar refractivity (Wildman–Crippen MR) is 51.5 cm³/mol. The van der Waals surface area contributed by atoms with Gasteiger partial charge >= 0.3 is 5.97 Å². The Morgan fingerprint density at radius 2 is 2.08 bits per heavy atom. The molecule has 3 nitrogen and oxygen atoms in total. The van der Waals surface area contributed by atoms with E-state index in [1.165, 1.54) is 0 Å². The average molecular weight is 186 g/mol. The van der Waals surface area contributed by atoms with Crippen molar-refractivity contribution in [3.05, 3.63) is 12.2 Å². The van der Waals surface area contributed by atoms with Crippen molar-refractivity contribution in [3.63, 3.8) is 0 Å². The molecule has 13 heavy (non-hydrogen) atoms. The van der Waals surface area contributed by atoms with Crippen LogP contribution in [-0.2, 0) is 4.79 Å². The number of carbonyl (C=O) groups is 1.